The van der Waals surface area contributed by atoms with Gasteiger partial charge in [-0.2, -0.15) is 0 Å². The van der Waals surface area contributed by atoms with E-state index in [2.05, 4.69) is 33.9 Å². The highest BCUT2D eigenvalue weighted by Crippen LogP contribution is 2.33. The third-order valence-corrected chi connectivity index (χ3v) is 3.47. The van der Waals surface area contributed by atoms with Crippen molar-refractivity contribution in [3.8, 4) is 0 Å². The normalized spacial score (nSPS) is 17.6. The molecule has 5 nitrogen and oxygen atoms in total. The zero-order chi connectivity index (χ0) is 14.1. The number of aromatic carboxylic acids is 1. The number of nitrogens with zero attached hydrogens (tertiary/aromatic N) is 3. The number of fused-ring (bicyclic) bond motifs is 1. The van der Waals surface area contributed by atoms with Gasteiger partial charge in [0.2, 0.25) is 5.95 Å². The van der Waals surface area contributed by atoms with E-state index in [1.165, 1.54) is 18.0 Å². The van der Waals surface area contributed by atoms with E-state index in [0.717, 1.165) is 18.7 Å². The van der Waals surface area contributed by atoms with Gasteiger partial charge in [0, 0.05) is 24.6 Å². The molecule has 1 unspecified atom stereocenters. The molecule has 1 aromatic carbocycles. The van der Waals surface area contributed by atoms with Crippen LogP contribution in [0.2, 0.25) is 0 Å². The molecular formula is C15H15N3O2. The number of aromatic nitrogens is 2. The number of hydrogen-bond donors (Lipinski definition) is 1. The van der Waals surface area contributed by atoms with Crippen molar-refractivity contribution in [2.75, 3.05) is 11.4 Å². The smallest absolute Gasteiger partial charge is 0.338 e. The molecule has 20 heavy (non-hydrogen) atoms. The molecule has 0 aliphatic carbocycles. The summed E-state index contributed by atoms with van der Waals surface area (Å²) >= 11 is 0. The lowest BCUT2D eigenvalue weighted by atomic mass is 9.94. The molecule has 1 aliphatic heterocycles. The molecule has 3 rings (SSSR count). The molecule has 2 heterocycles. The third-order valence-electron chi connectivity index (χ3n) is 3.47. The van der Waals surface area contributed by atoms with Crippen LogP contribution in [0.25, 0.3) is 0 Å². The lowest BCUT2D eigenvalue weighted by Gasteiger charge is -2.33. The van der Waals surface area contributed by atoms with Gasteiger partial charge in [-0.15, -0.1) is 0 Å². The summed E-state index contributed by atoms with van der Waals surface area (Å²) in [7, 11) is 0. The van der Waals surface area contributed by atoms with Crippen LogP contribution in [0, 0.1) is 5.92 Å². The summed E-state index contributed by atoms with van der Waals surface area (Å²) in [6.45, 7) is 3.03. The van der Waals surface area contributed by atoms with Gasteiger partial charge >= 0.3 is 5.97 Å². The van der Waals surface area contributed by atoms with Crippen molar-refractivity contribution in [1.82, 2.24) is 9.97 Å². The minimum Gasteiger partial charge on any atom is -0.478 e. The topological polar surface area (TPSA) is 66.3 Å². The third kappa shape index (κ3) is 2.22. The van der Waals surface area contributed by atoms with E-state index in [1.54, 1.807) is 0 Å². The van der Waals surface area contributed by atoms with Crippen LogP contribution >= 0.6 is 0 Å². The number of benzene rings is 1. The molecule has 102 valence electrons. The van der Waals surface area contributed by atoms with Gasteiger partial charge in [0.1, 0.15) is 0 Å². The fourth-order valence-electron chi connectivity index (χ4n) is 2.56. The molecule has 5 heteroatoms. The molecule has 0 radical (unpaired) electrons. The number of carboxylic acids is 1. The zero-order valence-corrected chi connectivity index (χ0v) is 11.2. The maximum atomic E-state index is 10.8. The van der Waals surface area contributed by atoms with Gasteiger partial charge < -0.3 is 10.0 Å². The van der Waals surface area contributed by atoms with E-state index in [4.69, 9.17) is 5.11 Å². The van der Waals surface area contributed by atoms with Crippen molar-refractivity contribution >= 4 is 17.6 Å². The number of para-hydroxylation sites is 1. The fraction of sp³-hybridized carbons (Fsp3) is 0.267. The van der Waals surface area contributed by atoms with Crippen LogP contribution in [0.15, 0.2) is 36.7 Å². The van der Waals surface area contributed by atoms with Gasteiger partial charge in [0.25, 0.3) is 0 Å². The fourth-order valence-corrected chi connectivity index (χ4v) is 2.56. The second-order valence-electron chi connectivity index (χ2n) is 5.13. The molecule has 0 fully saturated rings. The van der Waals surface area contributed by atoms with Crippen LogP contribution in [0.1, 0.15) is 22.8 Å². The van der Waals surface area contributed by atoms with Crippen LogP contribution in [0.5, 0.6) is 0 Å². The zero-order valence-electron chi connectivity index (χ0n) is 11.2. The van der Waals surface area contributed by atoms with Gasteiger partial charge in [0.05, 0.1) is 5.56 Å². The number of carbonyl (C=O) groups is 1. The highest BCUT2D eigenvalue weighted by Gasteiger charge is 2.24. The summed E-state index contributed by atoms with van der Waals surface area (Å²) in [6, 6.07) is 8.19. The van der Waals surface area contributed by atoms with E-state index in [-0.39, 0.29) is 5.56 Å². The second kappa shape index (κ2) is 4.92. The minimum atomic E-state index is -1.01. The Morgan fingerprint density at radius 1 is 1.30 bits per heavy atom. The number of anilines is 2. The van der Waals surface area contributed by atoms with E-state index in [1.807, 2.05) is 12.1 Å². The molecule has 1 N–H and O–H groups in total. The van der Waals surface area contributed by atoms with Crippen LogP contribution in [-0.4, -0.2) is 27.6 Å². The molecule has 0 saturated carbocycles. The van der Waals surface area contributed by atoms with Crippen molar-refractivity contribution in [3.05, 3.63) is 47.8 Å². The molecular weight excluding hydrogens is 254 g/mol. The maximum absolute atomic E-state index is 10.8. The van der Waals surface area contributed by atoms with E-state index >= 15 is 0 Å². The first-order valence-electron chi connectivity index (χ1n) is 6.56. The quantitative estimate of drug-likeness (QED) is 0.907. The van der Waals surface area contributed by atoms with Crippen LogP contribution in [0.4, 0.5) is 11.6 Å². The highest BCUT2D eigenvalue weighted by atomic mass is 16.4. The second-order valence-corrected chi connectivity index (χ2v) is 5.13. The number of carboxylic acid groups (broad SMARTS) is 1. The predicted molar refractivity (Wildman–Crippen MR) is 75.3 cm³/mol. The monoisotopic (exact) mass is 269 g/mol. The standard InChI is InChI=1S/C15H15N3O2/c1-10-6-11-4-2-3-5-13(11)18(9-10)15-16-7-12(8-17-15)14(19)20/h2-5,7-8,10H,6,9H2,1H3,(H,19,20). The summed E-state index contributed by atoms with van der Waals surface area (Å²) in [5.41, 5.74) is 2.48. The molecule has 1 aliphatic rings. The molecule has 1 atom stereocenters. The molecule has 0 bridgehead atoms. The van der Waals surface area contributed by atoms with E-state index in [0.29, 0.717) is 11.9 Å². The molecule has 2 aromatic rings. The Kier molecular flexibility index (Phi) is 3.10. The van der Waals surface area contributed by atoms with Crippen LogP contribution < -0.4 is 4.90 Å². The van der Waals surface area contributed by atoms with Crippen molar-refractivity contribution < 1.29 is 9.90 Å². The van der Waals surface area contributed by atoms with Gasteiger partial charge in [0.15, 0.2) is 0 Å². The number of rotatable bonds is 2. The first-order valence-corrected chi connectivity index (χ1v) is 6.56. The van der Waals surface area contributed by atoms with Crippen molar-refractivity contribution in [2.24, 2.45) is 5.92 Å². The Morgan fingerprint density at radius 3 is 2.70 bits per heavy atom. The highest BCUT2D eigenvalue weighted by molar-refractivity contribution is 5.86. The van der Waals surface area contributed by atoms with Gasteiger partial charge in [-0.1, -0.05) is 25.1 Å². The Bertz CT molecular complexity index is 640. The number of hydrogen-bond acceptors (Lipinski definition) is 4. The average molecular weight is 269 g/mol. The van der Waals surface area contributed by atoms with E-state index < -0.39 is 5.97 Å². The summed E-state index contributed by atoms with van der Waals surface area (Å²) in [5.74, 6) is 0.0469. The Balaban J connectivity index is 1.99. The Labute approximate surface area is 116 Å². The molecule has 0 amide bonds. The summed E-state index contributed by atoms with van der Waals surface area (Å²) in [4.78, 5) is 21.3. The lowest BCUT2D eigenvalue weighted by Crippen LogP contribution is -2.31. The molecule has 1 aromatic heterocycles. The maximum Gasteiger partial charge on any atom is 0.338 e. The first-order chi connectivity index (χ1) is 9.65. The Morgan fingerprint density at radius 2 is 2.00 bits per heavy atom. The SMILES string of the molecule is CC1Cc2ccccc2N(c2ncc(C(=O)O)cn2)C1. The Hall–Kier alpha value is -2.43. The van der Waals surface area contributed by atoms with Crippen molar-refractivity contribution in [3.63, 3.8) is 0 Å². The summed E-state index contributed by atoms with van der Waals surface area (Å²) in [6.07, 6.45) is 3.75. The molecule has 0 spiro atoms. The van der Waals surface area contributed by atoms with Crippen molar-refractivity contribution in [1.29, 1.82) is 0 Å². The lowest BCUT2D eigenvalue weighted by molar-refractivity contribution is 0.0696. The van der Waals surface area contributed by atoms with Crippen LogP contribution in [0.3, 0.4) is 0 Å². The minimum absolute atomic E-state index is 0.104. The molecule has 0 saturated heterocycles. The average Bonchev–Trinajstić information content (AvgIpc) is 2.46. The van der Waals surface area contributed by atoms with Crippen LogP contribution in [-0.2, 0) is 6.42 Å². The van der Waals surface area contributed by atoms with Crippen molar-refractivity contribution in [2.45, 2.75) is 13.3 Å². The predicted octanol–water partition coefficient (Wildman–Crippen LogP) is 2.51. The van der Waals surface area contributed by atoms with Gasteiger partial charge in [-0.25, -0.2) is 14.8 Å². The van der Waals surface area contributed by atoms with Gasteiger partial charge in [-0.05, 0) is 24.0 Å². The summed E-state index contributed by atoms with van der Waals surface area (Å²) < 4.78 is 0. The summed E-state index contributed by atoms with van der Waals surface area (Å²) in [5, 5.41) is 8.89. The van der Waals surface area contributed by atoms with Gasteiger partial charge in [-0.3, -0.25) is 0 Å². The first kappa shape index (κ1) is 12.6. The largest absolute Gasteiger partial charge is 0.478 e. The van der Waals surface area contributed by atoms with E-state index in [9.17, 15) is 4.79 Å².